The second-order valence-corrected chi connectivity index (χ2v) is 7.34. The first kappa shape index (κ1) is 14.1. The van der Waals surface area contributed by atoms with Crippen LogP contribution in [-0.4, -0.2) is 22.4 Å². The van der Waals surface area contributed by atoms with Gasteiger partial charge in [0.25, 0.3) is 0 Å². The van der Waals surface area contributed by atoms with Crippen LogP contribution in [0, 0.1) is 16.7 Å². The predicted octanol–water partition coefficient (Wildman–Crippen LogP) is 3.28. The first-order valence-electron chi connectivity index (χ1n) is 7.27. The molecule has 2 nitrogen and oxygen atoms in total. The summed E-state index contributed by atoms with van der Waals surface area (Å²) in [6, 6.07) is 0. The van der Waals surface area contributed by atoms with E-state index in [1.54, 1.807) is 0 Å². The number of aliphatic hydroxyl groups excluding tert-OH is 1. The van der Waals surface area contributed by atoms with Crippen LogP contribution in [0.2, 0.25) is 0 Å². The Morgan fingerprint density at radius 3 is 2.50 bits per heavy atom. The van der Waals surface area contributed by atoms with Gasteiger partial charge in [-0.1, -0.05) is 32.9 Å². The van der Waals surface area contributed by atoms with Crippen LogP contribution in [0.15, 0.2) is 12.2 Å². The zero-order chi connectivity index (χ0) is 13.6. The number of aliphatic hydroxyl groups is 2. The summed E-state index contributed by atoms with van der Waals surface area (Å²) in [6.45, 7) is 11.0. The molecule has 0 heterocycles. The van der Waals surface area contributed by atoms with Crippen molar-refractivity contribution in [2.24, 2.45) is 16.7 Å². The Balaban J connectivity index is 2.16. The summed E-state index contributed by atoms with van der Waals surface area (Å²) in [5, 5.41) is 20.2. The molecule has 0 spiro atoms. The highest BCUT2D eigenvalue weighted by Gasteiger charge is 2.67. The van der Waals surface area contributed by atoms with E-state index in [0.717, 1.165) is 31.3 Å². The van der Waals surface area contributed by atoms with E-state index >= 15 is 0 Å². The fraction of sp³-hybridized carbons (Fsp3) is 0.875. The molecule has 0 saturated heterocycles. The normalized spacial score (nSPS) is 41.3. The van der Waals surface area contributed by atoms with Crippen LogP contribution in [0.1, 0.15) is 59.3 Å². The van der Waals surface area contributed by atoms with Crippen molar-refractivity contribution in [3.63, 3.8) is 0 Å². The highest BCUT2D eigenvalue weighted by atomic mass is 16.3. The second kappa shape index (κ2) is 4.35. The van der Waals surface area contributed by atoms with Crippen molar-refractivity contribution in [3.8, 4) is 0 Å². The van der Waals surface area contributed by atoms with E-state index in [1.807, 2.05) is 0 Å². The second-order valence-electron chi connectivity index (χ2n) is 7.34. The van der Waals surface area contributed by atoms with Gasteiger partial charge in [-0.2, -0.15) is 0 Å². The number of rotatable bonds is 5. The Morgan fingerprint density at radius 1 is 1.33 bits per heavy atom. The van der Waals surface area contributed by atoms with Gasteiger partial charge in [-0.05, 0) is 55.3 Å². The molecule has 2 saturated carbocycles. The summed E-state index contributed by atoms with van der Waals surface area (Å²) in [4.78, 5) is 0. The summed E-state index contributed by atoms with van der Waals surface area (Å²) in [7, 11) is 0. The Bertz CT molecular complexity index is 340. The average molecular weight is 252 g/mol. The molecule has 2 rings (SSSR count). The van der Waals surface area contributed by atoms with Gasteiger partial charge >= 0.3 is 0 Å². The first-order valence-corrected chi connectivity index (χ1v) is 7.27. The van der Waals surface area contributed by atoms with Crippen LogP contribution in [0.3, 0.4) is 0 Å². The Morgan fingerprint density at radius 2 is 2.00 bits per heavy atom. The molecule has 0 radical (unpaired) electrons. The van der Waals surface area contributed by atoms with Gasteiger partial charge in [-0.15, -0.1) is 0 Å². The van der Waals surface area contributed by atoms with Gasteiger partial charge in [0.05, 0.1) is 5.60 Å². The lowest BCUT2D eigenvalue weighted by atomic mass is 9.58. The SMILES string of the molecule is C=C(CCCO)C[C@]1(O)C(C)(C)[C@H]2CC[C@]1(C)C2. The Hall–Kier alpha value is -0.340. The maximum Gasteiger partial charge on any atom is 0.0791 e. The maximum atomic E-state index is 11.3. The quantitative estimate of drug-likeness (QED) is 0.737. The van der Waals surface area contributed by atoms with Crippen molar-refractivity contribution in [1.29, 1.82) is 0 Å². The third kappa shape index (κ3) is 1.77. The maximum absolute atomic E-state index is 11.3. The smallest absolute Gasteiger partial charge is 0.0791 e. The Kier molecular flexibility index (Phi) is 3.40. The van der Waals surface area contributed by atoms with E-state index in [2.05, 4.69) is 27.4 Å². The summed E-state index contributed by atoms with van der Waals surface area (Å²) in [5.74, 6) is 0.651. The van der Waals surface area contributed by atoms with Gasteiger partial charge in [0.1, 0.15) is 0 Å². The predicted molar refractivity (Wildman–Crippen MR) is 74.3 cm³/mol. The molecule has 2 bridgehead atoms. The van der Waals surface area contributed by atoms with Gasteiger partial charge < -0.3 is 10.2 Å². The van der Waals surface area contributed by atoms with Gasteiger partial charge in [0.2, 0.25) is 0 Å². The summed E-state index contributed by atoms with van der Waals surface area (Å²) in [5.41, 5.74) is 0.523. The zero-order valence-electron chi connectivity index (χ0n) is 12.1. The van der Waals surface area contributed by atoms with Crippen molar-refractivity contribution in [1.82, 2.24) is 0 Å². The molecule has 2 N–H and O–H groups in total. The fourth-order valence-corrected chi connectivity index (χ4v) is 4.57. The fourth-order valence-electron chi connectivity index (χ4n) is 4.57. The zero-order valence-corrected chi connectivity index (χ0v) is 12.1. The van der Waals surface area contributed by atoms with Crippen LogP contribution in [0.25, 0.3) is 0 Å². The number of hydrogen-bond acceptors (Lipinski definition) is 2. The van der Waals surface area contributed by atoms with E-state index in [9.17, 15) is 5.11 Å². The van der Waals surface area contributed by atoms with Crippen LogP contribution in [-0.2, 0) is 0 Å². The number of fused-ring (bicyclic) bond motifs is 2. The van der Waals surface area contributed by atoms with Crippen LogP contribution in [0.4, 0.5) is 0 Å². The van der Waals surface area contributed by atoms with Gasteiger partial charge in [-0.3, -0.25) is 0 Å². The molecule has 0 aromatic heterocycles. The molecule has 0 unspecified atom stereocenters. The molecular formula is C16H28O2. The highest BCUT2D eigenvalue weighted by Crippen LogP contribution is 2.69. The first-order chi connectivity index (χ1) is 8.27. The number of hydrogen-bond donors (Lipinski definition) is 2. The lowest BCUT2D eigenvalue weighted by Gasteiger charge is -2.51. The summed E-state index contributed by atoms with van der Waals surface area (Å²) in [6.07, 6.45) is 5.85. The standard InChI is InChI=1S/C16H28O2/c1-12(6-5-9-17)10-16(18)14(2,3)13-7-8-15(16,4)11-13/h13,17-18H,1,5-11H2,2-4H3/t13-,15+,16-/m0/s1. The molecule has 0 amide bonds. The lowest BCUT2D eigenvalue weighted by molar-refractivity contribution is -0.142. The van der Waals surface area contributed by atoms with Crippen LogP contribution < -0.4 is 0 Å². The molecule has 3 atom stereocenters. The van der Waals surface area contributed by atoms with E-state index in [0.29, 0.717) is 12.3 Å². The third-order valence-electron chi connectivity index (χ3n) is 6.02. The largest absolute Gasteiger partial charge is 0.396 e. The molecule has 0 aliphatic heterocycles. The van der Waals surface area contributed by atoms with Crippen LogP contribution >= 0.6 is 0 Å². The minimum Gasteiger partial charge on any atom is -0.396 e. The van der Waals surface area contributed by atoms with Crippen molar-refractivity contribution < 1.29 is 10.2 Å². The summed E-state index contributed by atoms with van der Waals surface area (Å²) >= 11 is 0. The molecule has 104 valence electrons. The topological polar surface area (TPSA) is 40.5 Å². The van der Waals surface area contributed by atoms with E-state index < -0.39 is 5.60 Å². The van der Waals surface area contributed by atoms with Crippen molar-refractivity contribution >= 4 is 0 Å². The van der Waals surface area contributed by atoms with E-state index in [4.69, 9.17) is 5.11 Å². The molecular weight excluding hydrogens is 224 g/mol. The summed E-state index contributed by atoms with van der Waals surface area (Å²) < 4.78 is 0. The Labute approximate surface area is 111 Å². The van der Waals surface area contributed by atoms with Crippen molar-refractivity contribution in [2.45, 2.75) is 64.9 Å². The van der Waals surface area contributed by atoms with Crippen molar-refractivity contribution in [2.75, 3.05) is 6.61 Å². The molecule has 2 aliphatic carbocycles. The monoisotopic (exact) mass is 252 g/mol. The minimum atomic E-state index is -0.616. The van der Waals surface area contributed by atoms with Crippen LogP contribution in [0.5, 0.6) is 0 Å². The molecule has 0 aromatic rings. The molecule has 18 heavy (non-hydrogen) atoms. The van der Waals surface area contributed by atoms with Crippen molar-refractivity contribution in [3.05, 3.63) is 12.2 Å². The average Bonchev–Trinajstić information content (AvgIpc) is 2.75. The minimum absolute atomic E-state index is 0.0118. The highest BCUT2D eigenvalue weighted by molar-refractivity contribution is 5.21. The van der Waals surface area contributed by atoms with E-state index in [1.165, 1.54) is 6.42 Å². The molecule has 2 aliphatic rings. The van der Waals surface area contributed by atoms with Gasteiger partial charge in [0, 0.05) is 6.61 Å². The third-order valence-corrected chi connectivity index (χ3v) is 6.02. The molecule has 0 aromatic carbocycles. The lowest BCUT2D eigenvalue weighted by Crippen LogP contribution is -2.54. The van der Waals surface area contributed by atoms with Gasteiger partial charge in [-0.25, -0.2) is 0 Å². The van der Waals surface area contributed by atoms with E-state index in [-0.39, 0.29) is 17.4 Å². The van der Waals surface area contributed by atoms with Gasteiger partial charge in [0.15, 0.2) is 0 Å². The molecule has 2 fully saturated rings. The molecule has 2 heteroatoms.